The molecule has 9 heavy (non-hydrogen) atoms. The summed E-state index contributed by atoms with van der Waals surface area (Å²) < 4.78 is 0. The van der Waals surface area contributed by atoms with Gasteiger partial charge in [-0.3, -0.25) is 4.99 Å². The Morgan fingerprint density at radius 1 is 1.56 bits per heavy atom. The number of nitrogens with zero attached hydrogens (tertiary/aromatic N) is 1. The first kappa shape index (κ1) is 8.21. The fraction of sp³-hybridized carbons (Fsp3) is 0.571. The van der Waals surface area contributed by atoms with Crippen molar-refractivity contribution >= 4 is 6.34 Å². The molecule has 0 saturated carbocycles. The number of allylic oxidation sites excluding steroid dienone is 1. The van der Waals surface area contributed by atoms with Crippen LogP contribution in [-0.4, -0.2) is 12.9 Å². The van der Waals surface area contributed by atoms with Gasteiger partial charge in [0.2, 0.25) is 0 Å². The molecule has 0 unspecified atom stereocenters. The van der Waals surface area contributed by atoms with Crippen molar-refractivity contribution in [3.63, 3.8) is 0 Å². The highest BCUT2D eigenvalue weighted by Gasteiger charge is 1.85. The van der Waals surface area contributed by atoms with Crippen LogP contribution in [0.5, 0.6) is 0 Å². The fourth-order valence-corrected chi connectivity index (χ4v) is 0.449. The lowest BCUT2D eigenvalue weighted by Crippen LogP contribution is -2.11. The van der Waals surface area contributed by atoms with Crippen molar-refractivity contribution in [2.75, 3.05) is 6.54 Å². The number of rotatable bonds is 0. The highest BCUT2D eigenvalue weighted by atomic mass is 15.0. The third-order valence-electron chi connectivity index (χ3n) is 0.886. The molecule has 0 atom stereocenters. The third kappa shape index (κ3) is 3.76. The summed E-state index contributed by atoms with van der Waals surface area (Å²) in [7, 11) is 0. The molecule has 0 bridgehead atoms. The van der Waals surface area contributed by atoms with Crippen molar-refractivity contribution in [3.05, 3.63) is 11.8 Å². The Labute approximate surface area is 56.7 Å². The van der Waals surface area contributed by atoms with Crippen LogP contribution in [0.25, 0.3) is 0 Å². The zero-order valence-electron chi connectivity index (χ0n) is 6.31. The van der Waals surface area contributed by atoms with E-state index in [2.05, 4.69) is 10.3 Å². The summed E-state index contributed by atoms with van der Waals surface area (Å²) in [6.45, 7) is 6.85. The van der Waals surface area contributed by atoms with Crippen LogP contribution in [0, 0.1) is 0 Å². The van der Waals surface area contributed by atoms with Gasteiger partial charge in [-0.2, -0.15) is 0 Å². The topological polar surface area (TPSA) is 24.4 Å². The van der Waals surface area contributed by atoms with E-state index in [-0.39, 0.29) is 0 Å². The van der Waals surface area contributed by atoms with Crippen LogP contribution in [0.4, 0.5) is 0 Å². The van der Waals surface area contributed by atoms with Crippen LogP contribution < -0.4 is 5.32 Å². The van der Waals surface area contributed by atoms with E-state index in [9.17, 15) is 0 Å². The van der Waals surface area contributed by atoms with E-state index >= 15 is 0 Å². The summed E-state index contributed by atoms with van der Waals surface area (Å²) in [4.78, 5) is 3.92. The third-order valence-corrected chi connectivity index (χ3v) is 0.886. The van der Waals surface area contributed by atoms with Crippen LogP contribution >= 0.6 is 0 Å². The lowest BCUT2D eigenvalue weighted by molar-refractivity contribution is 1.04. The molecule has 0 radical (unpaired) electrons. The molecule has 1 aliphatic rings. The van der Waals surface area contributed by atoms with Crippen molar-refractivity contribution in [1.82, 2.24) is 5.32 Å². The molecule has 1 rings (SSSR count). The molecular formula is C7H14N2. The summed E-state index contributed by atoms with van der Waals surface area (Å²) in [6.07, 6.45) is 3.76. The van der Waals surface area contributed by atoms with Crippen molar-refractivity contribution in [2.45, 2.75) is 20.8 Å². The van der Waals surface area contributed by atoms with Gasteiger partial charge in [0, 0.05) is 5.70 Å². The van der Waals surface area contributed by atoms with Crippen molar-refractivity contribution < 1.29 is 0 Å². The molecule has 0 fully saturated rings. The van der Waals surface area contributed by atoms with Crippen LogP contribution in [0.15, 0.2) is 16.8 Å². The lowest BCUT2D eigenvalue weighted by Gasteiger charge is -2.01. The smallest absolute Gasteiger partial charge is 0.0869 e. The normalized spacial score (nSPS) is 14.8. The van der Waals surface area contributed by atoms with E-state index in [1.165, 1.54) is 5.70 Å². The molecule has 0 amide bonds. The predicted molar refractivity (Wildman–Crippen MR) is 41.6 cm³/mol. The van der Waals surface area contributed by atoms with E-state index < -0.39 is 0 Å². The van der Waals surface area contributed by atoms with Crippen LogP contribution in [0.2, 0.25) is 0 Å². The van der Waals surface area contributed by atoms with Gasteiger partial charge in [0.05, 0.1) is 12.9 Å². The zero-order valence-corrected chi connectivity index (χ0v) is 6.31. The lowest BCUT2D eigenvalue weighted by atomic mass is 10.4. The van der Waals surface area contributed by atoms with Crippen LogP contribution in [0.1, 0.15) is 20.8 Å². The molecule has 2 heteroatoms. The van der Waals surface area contributed by atoms with Gasteiger partial charge in [-0.15, -0.1) is 0 Å². The molecule has 1 aliphatic heterocycles. The van der Waals surface area contributed by atoms with Gasteiger partial charge in [-0.05, 0) is 13.0 Å². The minimum atomic E-state index is 0.832. The van der Waals surface area contributed by atoms with Crippen LogP contribution in [-0.2, 0) is 0 Å². The summed E-state index contributed by atoms with van der Waals surface area (Å²) in [5.74, 6) is 0. The second-order valence-corrected chi connectivity index (χ2v) is 1.53. The first-order valence-corrected chi connectivity index (χ1v) is 3.31. The predicted octanol–water partition coefficient (Wildman–Crippen LogP) is 1.55. The highest BCUT2D eigenvalue weighted by Crippen LogP contribution is 1.87. The molecule has 52 valence electrons. The van der Waals surface area contributed by atoms with E-state index in [1.54, 1.807) is 6.34 Å². The van der Waals surface area contributed by atoms with Gasteiger partial charge in [-0.25, -0.2) is 0 Å². The minimum Gasteiger partial charge on any atom is -0.351 e. The number of hydrogen-bond acceptors (Lipinski definition) is 2. The summed E-state index contributed by atoms with van der Waals surface area (Å²) in [5.41, 5.74) is 1.19. The maximum absolute atomic E-state index is 3.92. The van der Waals surface area contributed by atoms with Gasteiger partial charge in [0.1, 0.15) is 0 Å². The maximum atomic E-state index is 3.92. The molecule has 0 aliphatic carbocycles. The molecule has 0 aromatic carbocycles. The maximum Gasteiger partial charge on any atom is 0.0869 e. The van der Waals surface area contributed by atoms with E-state index in [1.807, 2.05) is 26.8 Å². The molecule has 0 saturated heterocycles. The van der Waals surface area contributed by atoms with Crippen molar-refractivity contribution in [1.29, 1.82) is 0 Å². The van der Waals surface area contributed by atoms with Gasteiger partial charge < -0.3 is 5.32 Å². The van der Waals surface area contributed by atoms with E-state index in [0.29, 0.717) is 0 Å². The molecule has 0 aromatic heterocycles. The summed E-state index contributed by atoms with van der Waals surface area (Å²) in [6, 6.07) is 0. The number of hydrogen-bond donors (Lipinski definition) is 1. The molecule has 0 aromatic rings. The highest BCUT2D eigenvalue weighted by molar-refractivity contribution is 5.58. The Kier molecular flexibility index (Phi) is 4.88. The molecule has 1 N–H and O–H groups in total. The Morgan fingerprint density at radius 3 is 2.44 bits per heavy atom. The van der Waals surface area contributed by atoms with Crippen molar-refractivity contribution in [3.8, 4) is 0 Å². The van der Waals surface area contributed by atoms with Gasteiger partial charge in [0.15, 0.2) is 0 Å². The first-order chi connectivity index (χ1) is 4.39. The average molecular weight is 126 g/mol. The fourth-order valence-electron chi connectivity index (χ4n) is 0.449. The second kappa shape index (κ2) is 5.35. The average Bonchev–Trinajstić information content (AvgIpc) is 1.94. The molecule has 1 heterocycles. The second-order valence-electron chi connectivity index (χ2n) is 1.53. The van der Waals surface area contributed by atoms with E-state index in [4.69, 9.17) is 0 Å². The quantitative estimate of drug-likeness (QED) is 0.523. The standard InChI is InChI=1S/C5H8N2.C2H6/c1-5-2-3-6-4-7-5;1-2/h2,4H,3H2,1H3,(H,6,7);1-2H3. The molecular weight excluding hydrogens is 112 g/mol. The SMILES string of the molecule is CC.CC1=CCN=CN1. The van der Waals surface area contributed by atoms with Gasteiger partial charge >= 0.3 is 0 Å². The Bertz CT molecular complexity index is 114. The Morgan fingerprint density at radius 2 is 2.22 bits per heavy atom. The minimum absolute atomic E-state index is 0.832. The van der Waals surface area contributed by atoms with Crippen LogP contribution in [0.3, 0.4) is 0 Å². The van der Waals surface area contributed by atoms with E-state index in [0.717, 1.165) is 6.54 Å². The Hall–Kier alpha value is -0.790. The molecule has 2 nitrogen and oxygen atoms in total. The number of aliphatic imine (C=N–C) groups is 1. The summed E-state index contributed by atoms with van der Waals surface area (Å²) >= 11 is 0. The summed E-state index contributed by atoms with van der Waals surface area (Å²) in [5, 5.41) is 2.95. The zero-order chi connectivity index (χ0) is 7.11. The van der Waals surface area contributed by atoms with Gasteiger partial charge in [-0.1, -0.05) is 13.8 Å². The first-order valence-electron chi connectivity index (χ1n) is 3.31. The van der Waals surface area contributed by atoms with Crippen molar-refractivity contribution in [2.24, 2.45) is 4.99 Å². The largest absolute Gasteiger partial charge is 0.351 e. The number of nitrogens with one attached hydrogen (secondary N) is 1. The Balaban J connectivity index is 0.000000291. The molecule has 0 spiro atoms. The monoisotopic (exact) mass is 126 g/mol. The van der Waals surface area contributed by atoms with Gasteiger partial charge in [0.25, 0.3) is 0 Å².